The molecule has 0 amide bonds. The van der Waals surface area contributed by atoms with Crippen molar-refractivity contribution in [2.45, 2.75) is 26.8 Å². The third-order valence-electron chi connectivity index (χ3n) is 3.01. The zero-order valence-corrected chi connectivity index (χ0v) is 12.4. The summed E-state index contributed by atoms with van der Waals surface area (Å²) in [7, 11) is 1.65. The van der Waals surface area contributed by atoms with E-state index in [1.165, 1.54) is 0 Å². The highest BCUT2D eigenvalue weighted by Crippen LogP contribution is 2.18. The van der Waals surface area contributed by atoms with Crippen molar-refractivity contribution in [2.75, 3.05) is 13.7 Å². The number of methoxy groups -OCH3 is 1. The van der Waals surface area contributed by atoms with Crippen molar-refractivity contribution in [2.24, 2.45) is 5.92 Å². The van der Waals surface area contributed by atoms with Gasteiger partial charge in [-0.15, -0.1) is 5.10 Å². The van der Waals surface area contributed by atoms with Gasteiger partial charge in [0.05, 0.1) is 18.8 Å². The Labute approximate surface area is 119 Å². The Bertz CT molecular complexity index is 552. The van der Waals surface area contributed by atoms with Crippen LogP contribution in [0.4, 0.5) is 0 Å². The molecular formula is C14H21N5O. The van der Waals surface area contributed by atoms with Gasteiger partial charge in [-0.25, -0.2) is 0 Å². The molecule has 0 saturated carbocycles. The molecule has 20 heavy (non-hydrogen) atoms. The zero-order valence-electron chi connectivity index (χ0n) is 12.4. The van der Waals surface area contributed by atoms with Gasteiger partial charge in [0.15, 0.2) is 5.82 Å². The lowest BCUT2D eigenvalue weighted by atomic mass is 10.2. The van der Waals surface area contributed by atoms with Crippen LogP contribution in [-0.4, -0.2) is 33.9 Å². The second kappa shape index (κ2) is 6.47. The van der Waals surface area contributed by atoms with Crippen LogP contribution in [0, 0.1) is 5.92 Å². The van der Waals surface area contributed by atoms with E-state index in [0.29, 0.717) is 5.92 Å². The summed E-state index contributed by atoms with van der Waals surface area (Å²) in [5.41, 5.74) is 0.891. The van der Waals surface area contributed by atoms with Crippen molar-refractivity contribution in [3.8, 4) is 11.4 Å². The molecule has 6 nitrogen and oxygen atoms in total. The molecule has 0 radical (unpaired) electrons. The molecule has 108 valence electrons. The van der Waals surface area contributed by atoms with Crippen LogP contribution < -0.4 is 10.1 Å². The summed E-state index contributed by atoms with van der Waals surface area (Å²) < 4.78 is 6.97. The van der Waals surface area contributed by atoms with E-state index in [4.69, 9.17) is 4.74 Å². The molecule has 1 unspecified atom stereocenters. The first kappa shape index (κ1) is 14.5. The van der Waals surface area contributed by atoms with Gasteiger partial charge in [0.1, 0.15) is 5.75 Å². The van der Waals surface area contributed by atoms with Gasteiger partial charge in [0, 0.05) is 6.07 Å². The van der Waals surface area contributed by atoms with Crippen molar-refractivity contribution in [1.82, 2.24) is 25.5 Å². The summed E-state index contributed by atoms with van der Waals surface area (Å²) in [6, 6.07) is 7.77. The molecule has 0 fully saturated rings. The second-order valence-corrected chi connectivity index (χ2v) is 5.17. The van der Waals surface area contributed by atoms with E-state index in [2.05, 4.69) is 41.6 Å². The van der Waals surface area contributed by atoms with Gasteiger partial charge in [0.25, 0.3) is 0 Å². The van der Waals surface area contributed by atoms with E-state index < -0.39 is 0 Å². The van der Waals surface area contributed by atoms with E-state index in [1.807, 2.05) is 24.3 Å². The minimum Gasteiger partial charge on any atom is -0.497 e. The lowest BCUT2D eigenvalue weighted by Crippen LogP contribution is -2.25. The van der Waals surface area contributed by atoms with Gasteiger partial charge in [-0.05, 0) is 41.9 Å². The predicted molar refractivity (Wildman–Crippen MR) is 77.0 cm³/mol. The molecule has 2 aromatic rings. The van der Waals surface area contributed by atoms with Crippen molar-refractivity contribution < 1.29 is 4.74 Å². The van der Waals surface area contributed by atoms with Gasteiger partial charge < -0.3 is 10.1 Å². The Morgan fingerprint density at radius 2 is 2.10 bits per heavy atom. The number of nitrogens with one attached hydrogen (secondary N) is 1. The summed E-state index contributed by atoms with van der Waals surface area (Å²) >= 11 is 0. The van der Waals surface area contributed by atoms with Crippen molar-refractivity contribution in [1.29, 1.82) is 0 Å². The summed E-state index contributed by atoms with van der Waals surface area (Å²) in [5.74, 6) is 2.16. The van der Waals surface area contributed by atoms with E-state index >= 15 is 0 Å². The second-order valence-electron chi connectivity index (χ2n) is 5.17. The Balaban J connectivity index is 2.23. The number of rotatable bonds is 6. The van der Waals surface area contributed by atoms with Crippen LogP contribution in [0.3, 0.4) is 0 Å². The first-order valence-electron chi connectivity index (χ1n) is 6.78. The lowest BCUT2D eigenvalue weighted by Gasteiger charge is -2.15. The summed E-state index contributed by atoms with van der Waals surface area (Å²) in [4.78, 5) is 0. The maximum Gasteiger partial charge on any atom is 0.173 e. The van der Waals surface area contributed by atoms with Crippen molar-refractivity contribution in [3.05, 3.63) is 30.1 Å². The molecule has 0 aliphatic carbocycles. The molecule has 1 N–H and O–H groups in total. The molecule has 0 bridgehead atoms. The molecule has 1 aromatic carbocycles. The lowest BCUT2D eigenvalue weighted by molar-refractivity contribution is 0.414. The van der Waals surface area contributed by atoms with E-state index in [1.54, 1.807) is 11.8 Å². The fourth-order valence-corrected chi connectivity index (χ4v) is 1.89. The fraction of sp³-hybridized carbons (Fsp3) is 0.500. The largest absolute Gasteiger partial charge is 0.497 e. The number of benzene rings is 1. The number of nitrogens with zero attached hydrogens (tertiary/aromatic N) is 4. The third-order valence-corrected chi connectivity index (χ3v) is 3.01. The van der Waals surface area contributed by atoms with Crippen LogP contribution >= 0.6 is 0 Å². The number of hydrogen-bond donors (Lipinski definition) is 1. The molecule has 2 rings (SSSR count). The van der Waals surface area contributed by atoms with Crippen LogP contribution in [0.5, 0.6) is 5.75 Å². The van der Waals surface area contributed by atoms with Gasteiger partial charge in [-0.3, -0.25) is 0 Å². The maximum atomic E-state index is 5.23. The van der Waals surface area contributed by atoms with E-state index in [9.17, 15) is 0 Å². The average Bonchev–Trinajstić information content (AvgIpc) is 2.94. The third kappa shape index (κ3) is 3.33. The summed E-state index contributed by atoms with van der Waals surface area (Å²) in [6.45, 7) is 7.33. The van der Waals surface area contributed by atoms with Crippen LogP contribution in [-0.2, 0) is 0 Å². The first-order chi connectivity index (χ1) is 9.61. The Morgan fingerprint density at radius 1 is 1.30 bits per heavy atom. The highest BCUT2D eigenvalue weighted by atomic mass is 16.5. The van der Waals surface area contributed by atoms with Gasteiger partial charge in [-0.1, -0.05) is 19.9 Å². The Kier molecular flexibility index (Phi) is 4.68. The van der Waals surface area contributed by atoms with Crippen LogP contribution in [0.15, 0.2) is 24.3 Å². The first-order valence-corrected chi connectivity index (χ1v) is 6.78. The smallest absolute Gasteiger partial charge is 0.173 e. The van der Waals surface area contributed by atoms with Gasteiger partial charge >= 0.3 is 0 Å². The van der Waals surface area contributed by atoms with Crippen LogP contribution in [0.25, 0.3) is 5.69 Å². The molecule has 1 heterocycles. The number of hydrogen-bond acceptors (Lipinski definition) is 5. The van der Waals surface area contributed by atoms with Crippen LogP contribution in [0.2, 0.25) is 0 Å². The van der Waals surface area contributed by atoms with Crippen LogP contribution in [0.1, 0.15) is 32.6 Å². The van der Waals surface area contributed by atoms with Crippen molar-refractivity contribution in [3.63, 3.8) is 0 Å². The highest BCUT2D eigenvalue weighted by Gasteiger charge is 2.15. The van der Waals surface area contributed by atoms with E-state index in [0.717, 1.165) is 23.8 Å². The summed E-state index contributed by atoms with van der Waals surface area (Å²) in [5, 5.41) is 15.4. The minimum absolute atomic E-state index is 0.0820. The molecule has 0 aliphatic rings. The Hall–Kier alpha value is -1.95. The van der Waals surface area contributed by atoms with Crippen molar-refractivity contribution >= 4 is 0 Å². The molecule has 1 atom stereocenters. The summed E-state index contributed by atoms with van der Waals surface area (Å²) in [6.07, 6.45) is 0. The quantitative estimate of drug-likeness (QED) is 0.873. The SMILES string of the molecule is COc1cccc(-n2nnnc2C(C)NCC(C)C)c1. The maximum absolute atomic E-state index is 5.23. The monoisotopic (exact) mass is 275 g/mol. The molecule has 6 heteroatoms. The number of tetrazole rings is 1. The molecule has 1 aromatic heterocycles. The zero-order chi connectivity index (χ0) is 14.5. The standard InChI is InChI=1S/C14H21N5O/c1-10(2)9-15-11(3)14-16-17-18-19(14)12-6-5-7-13(8-12)20-4/h5-8,10-11,15H,9H2,1-4H3. The molecule has 0 saturated heterocycles. The normalized spacial score (nSPS) is 12.7. The van der Waals surface area contributed by atoms with Gasteiger partial charge in [-0.2, -0.15) is 4.68 Å². The van der Waals surface area contributed by atoms with E-state index in [-0.39, 0.29) is 6.04 Å². The number of ether oxygens (including phenoxy) is 1. The van der Waals surface area contributed by atoms with Gasteiger partial charge in [0.2, 0.25) is 0 Å². The molecule has 0 spiro atoms. The molecular weight excluding hydrogens is 254 g/mol. The topological polar surface area (TPSA) is 64.9 Å². The minimum atomic E-state index is 0.0820. The Morgan fingerprint density at radius 3 is 2.80 bits per heavy atom. The fourth-order valence-electron chi connectivity index (χ4n) is 1.89. The average molecular weight is 275 g/mol. The molecule has 0 aliphatic heterocycles. The predicted octanol–water partition coefficient (Wildman–Crippen LogP) is 1.98. The highest BCUT2D eigenvalue weighted by molar-refractivity contribution is 5.39. The number of aromatic nitrogens is 4.